The maximum atomic E-state index is 13.4. The van der Waals surface area contributed by atoms with Gasteiger partial charge in [0.2, 0.25) is 5.78 Å². The van der Waals surface area contributed by atoms with Gasteiger partial charge in [-0.15, -0.1) is 11.3 Å². The zero-order valence-electron chi connectivity index (χ0n) is 19.2. The van der Waals surface area contributed by atoms with Gasteiger partial charge in [0.25, 0.3) is 5.91 Å². The van der Waals surface area contributed by atoms with Crippen LogP contribution in [0.4, 0.5) is 5.13 Å². The van der Waals surface area contributed by atoms with E-state index in [-0.39, 0.29) is 22.2 Å². The van der Waals surface area contributed by atoms with Gasteiger partial charge >= 0.3 is 5.97 Å². The zero-order chi connectivity index (χ0) is 24.6. The van der Waals surface area contributed by atoms with Crippen LogP contribution in [0.1, 0.15) is 68.9 Å². The fourth-order valence-corrected chi connectivity index (χ4v) is 5.49. The lowest BCUT2D eigenvalue weighted by Gasteiger charge is -2.24. The van der Waals surface area contributed by atoms with Crippen LogP contribution in [0.15, 0.2) is 53.1 Å². The summed E-state index contributed by atoms with van der Waals surface area (Å²) in [6, 6.07) is 10.1. The Labute approximate surface area is 205 Å². The Hall–Kier alpha value is -3.30. The summed E-state index contributed by atoms with van der Waals surface area (Å²) in [6.45, 7) is 7.73. The molecule has 0 saturated carbocycles. The second-order valence-corrected chi connectivity index (χ2v) is 10.0. The summed E-state index contributed by atoms with van der Waals surface area (Å²) < 4.78 is 5.10. The minimum absolute atomic E-state index is 0.00437. The fourth-order valence-electron chi connectivity index (χ4n) is 3.82. The van der Waals surface area contributed by atoms with Crippen LogP contribution in [0.2, 0.25) is 0 Å². The van der Waals surface area contributed by atoms with Crippen molar-refractivity contribution in [1.82, 2.24) is 4.98 Å². The molecular formula is C25H24N2O5S2. The molecule has 1 N–H and O–H groups in total. The highest BCUT2D eigenvalue weighted by Crippen LogP contribution is 2.44. The number of benzene rings is 1. The number of nitrogens with zero attached hydrogens (tertiary/aromatic N) is 2. The molecule has 3 aromatic rings. The number of ether oxygens (including phenoxy) is 1. The number of thiophene rings is 1. The number of amides is 1. The zero-order valence-corrected chi connectivity index (χ0v) is 20.8. The van der Waals surface area contributed by atoms with Gasteiger partial charge in [0.15, 0.2) is 10.9 Å². The van der Waals surface area contributed by atoms with Crippen LogP contribution in [0, 0.1) is 6.92 Å². The van der Waals surface area contributed by atoms with E-state index in [0.717, 1.165) is 16.9 Å². The average molecular weight is 497 g/mol. The second kappa shape index (κ2) is 9.52. The van der Waals surface area contributed by atoms with Crippen molar-refractivity contribution in [3.05, 3.63) is 79.7 Å². The summed E-state index contributed by atoms with van der Waals surface area (Å²) in [7, 11) is 0. The normalized spacial score (nSPS) is 16.0. The number of anilines is 1. The predicted molar refractivity (Wildman–Crippen MR) is 132 cm³/mol. The maximum Gasteiger partial charge on any atom is 0.350 e. The third-order valence-corrected chi connectivity index (χ3v) is 7.57. The Morgan fingerprint density at radius 2 is 1.91 bits per heavy atom. The lowest BCUT2D eigenvalue weighted by atomic mass is 9.93. The molecule has 0 bridgehead atoms. The molecule has 7 nitrogen and oxygen atoms in total. The van der Waals surface area contributed by atoms with Gasteiger partial charge in [-0.2, -0.15) is 0 Å². The van der Waals surface area contributed by atoms with E-state index in [2.05, 4.69) is 18.8 Å². The summed E-state index contributed by atoms with van der Waals surface area (Å²) in [5.74, 6) is -1.98. The molecule has 1 aromatic carbocycles. The predicted octanol–water partition coefficient (Wildman–Crippen LogP) is 5.60. The number of aromatic nitrogens is 1. The largest absolute Gasteiger partial charge is 0.503 e. The molecule has 0 fully saturated rings. The van der Waals surface area contributed by atoms with Crippen molar-refractivity contribution in [2.75, 3.05) is 11.5 Å². The van der Waals surface area contributed by atoms with E-state index in [9.17, 15) is 19.5 Å². The molecule has 0 spiro atoms. The number of carbonyl (C=O) groups is 3. The van der Waals surface area contributed by atoms with E-state index < -0.39 is 29.5 Å². The number of aryl methyl sites for hydroxylation is 1. The first-order valence-corrected chi connectivity index (χ1v) is 12.5. The number of thiazole rings is 1. The van der Waals surface area contributed by atoms with Crippen LogP contribution in [0.25, 0.3) is 0 Å². The first kappa shape index (κ1) is 23.8. The van der Waals surface area contributed by atoms with Crippen molar-refractivity contribution >= 4 is 45.5 Å². The molecule has 4 rings (SSSR count). The van der Waals surface area contributed by atoms with Crippen molar-refractivity contribution in [3.8, 4) is 0 Å². The summed E-state index contributed by atoms with van der Waals surface area (Å²) >= 11 is 2.24. The smallest absolute Gasteiger partial charge is 0.350 e. The molecule has 1 aliphatic heterocycles. The number of Topliss-reactive ketones (excluding diaryl/α,β-unsaturated/α-hetero) is 1. The third kappa shape index (κ3) is 4.17. The van der Waals surface area contributed by atoms with Gasteiger partial charge in [-0.3, -0.25) is 14.5 Å². The molecule has 176 valence electrons. The molecule has 1 unspecified atom stereocenters. The maximum absolute atomic E-state index is 13.4. The highest BCUT2D eigenvalue weighted by Gasteiger charge is 2.46. The van der Waals surface area contributed by atoms with Gasteiger partial charge < -0.3 is 9.84 Å². The van der Waals surface area contributed by atoms with Crippen LogP contribution in [-0.2, 0) is 9.53 Å². The number of aliphatic hydroxyl groups is 1. The van der Waals surface area contributed by atoms with Gasteiger partial charge in [-0.1, -0.05) is 55.5 Å². The first-order valence-electron chi connectivity index (χ1n) is 10.8. The Balaban J connectivity index is 1.84. The van der Waals surface area contributed by atoms with Gasteiger partial charge in [-0.05, 0) is 42.3 Å². The molecule has 0 saturated heterocycles. The summed E-state index contributed by atoms with van der Waals surface area (Å²) in [4.78, 5) is 45.4. The minimum Gasteiger partial charge on any atom is -0.503 e. The number of carbonyl (C=O) groups excluding carboxylic acids is 3. The average Bonchev–Trinajstić information content (AvgIpc) is 3.53. The number of aliphatic hydroxyl groups excluding tert-OH is 1. The Kier molecular flexibility index (Phi) is 6.67. The van der Waals surface area contributed by atoms with Crippen LogP contribution < -0.4 is 4.90 Å². The topological polar surface area (TPSA) is 96.8 Å². The SMILES string of the molecule is CCOC(=O)c1sc(N2C(=O)C(O)=C(C(=O)c3cccs3)C2c2ccc(C(C)C)cc2)nc1C. The fraction of sp³-hybridized carbons (Fsp3) is 0.280. The van der Waals surface area contributed by atoms with Crippen molar-refractivity contribution in [2.45, 2.75) is 39.7 Å². The molecule has 9 heteroatoms. The number of hydrogen-bond acceptors (Lipinski definition) is 8. The van der Waals surface area contributed by atoms with Gasteiger partial charge in [0.05, 0.1) is 28.8 Å². The van der Waals surface area contributed by atoms with Crippen LogP contribution in [0.5, 0.6) is 0 Å². The molecule has 1 atom stereocenters. The third-order valence-electron chi connectivity index (χ3n) is 5.57. The molecule has 1 amide bonds. The van der Waals surface area contributed by atoms with Crippen molar-refractivity contribution < 1.29 is 24.2 Å². The van der Waals surface area contributed by atoms with E-state index in [1.54, 1.807) is 31.4 Å². The van der Waals surface area contributed by atoms with Crippen molar-refractivity contribution in [3.63, 3.8) is 0 Å². The lowest BCUT2D eigenvalue weighted by Crippen LogP contribution is -2.31. The number of hydrogen-bond donors (Lipinski definition) is 1. The Morgan fingerprint density at radius 3 is 2.50 bits per heavy atom. The minimum atomic E-state index is -0.885. The lowest BCUT2D eigenvalue weighted by molar-refractivity contribution is -0.117. The van der Waals surface area contributed by atoms with Crippen molar-refractivity contribution in [2.24, 2.45) is 0 Å². The molecule has 2 aromatic heterocycles. The number of esters is 1. The highest BCUT2D eigenvalue weighted by atomic mass is 32.1. The molecule has 1 aliphatic rings. The molecule has 0 radical (unpaired) electrons. The summed E-state index contributed by atoms with van der Waals surface area (Å²) in [6.07, 6.45) is 0. The van der Waals surface area contributed by atoms with Gasteiger partial charge in [0.1, 0.15) is 4.88 Å². The summed E-state index contributed by atoms with van der Waals surface area (Å²) in [5, 5.41) is 12.8. The number of ketones is 1. The van der Waals surface area contributed by atoms with Crippen molar-refractivity contribution in [1.29, 1.82) is 0 Å². The Morgan fingerprint density at radius 1 is 1.21 bits per heavy atom. The molecule has 0 aliphatic carbocycles. The number of rotatable bonds is 7. The van der Waals surface area contributed by atoms with E-state index in [0.29, 0.717) is 22.1 Å². The highest BCUT2D eigenvalue weighted by molar-refractivity contribution is 7.17. The van der Waals surface area contributed by atoms with Crippen LogP contribution >= 0.6 is 22.7 Å². The summed E-state index contributed by atoms with van der Waals surface area (Å²) in [5.41, 5.74) is 2.17. The molecular weight excluding hydrogens is 472 g/mol. The Bertz CT molecular complexity index is 1270. The molecule has 34 heavy (non-hydrogen) atoms. The van der Waals surface area contributed by atoms with E-state index in [1.807, 2.05) is 24.3 Å². The van der Waals surface area contributed by atoms with E-state index >= 15 is 0 Å². The quantitative estimate of drug-likeness (QED) is 0.338. The van der Waals surface area contributed by atoms with Crippen LogP contribution in [0.3, 0.4) is 0 Å². The molecule has 3 heterocycles. The van der Waals surface area contributed by atoms with Gasteiger partial charge in [-0.25, -0.2) is 9.78 Å². The van der Waals surface area contributed by atoms with Gasteiger partial charge in [0, 0.05) is 0 Å². The monoisotopic (exact) mass is 496 g/mol. The van der Waals surface area contributed by atoms with E-state index in [4.69, 9.17) is 4.74 Å². The first-order chi connectivity index (χ1) is 16.2. The van der Waals surface area contributed by atoms with E-state index in [1.165, 1.54) is 16.2 Å². The second-order valence-electron chi connectivity index (χ2n) is 8.10. The van der Waals surface area contributed by atoms with Crippen LogP contribution in [-0.4, -0.2) is 34.4 Å². The standard InChI is InChI=1S/C25H24N2O5S2/c1-5-32-24(31)22-14(4)26-25(34-22)27-19(16-10-8-15(9-11-16)13(2)3)18(21(29)23(27)30)20(28)17-7-6-12-33-17/h6-13,19,29H,5H2,1-4H3.